The second kappa shape index (κ2) is 6.89. The zero-order valence-corrected chi connectivity index (χ0v) is 10.9. The summed E-state index contributed by atoms with van der Waals surface area (Å²) in [6.07, 6.45) is 3.47. The Bertz CT molecular complexity index is 301. The number of rotatable bonds is 7. The van der Waals surface area contributed by atoms with Crippen molar-refractivity contribution in [3.8, 4) is 0 Å². The van der Waals surface area contributed by atoms with Crippen LogP contribution in [-0.2, 0) is 4.74 Å². The first kappa shape index (κ1) is 13.5. The van der Waals surface area contributed by atoms with Crippen molar-refractivity contribution < 1.29 is 4.74 Å². The van der Waals surface area contributed by atoms with E-state index < -0.39 is 0 Å². The summed E-state index contributed by atoms with van der Waals surface area (Å²) >= 11 is 5.84. The molecule has 0 bridgehead atoms. The van der Waals surface area contributed by atoms with Gasteiger partial charge in [-0.3, -0.25) is 4.68 Å². The molecule has 0 aliphatic rings. The Morgan fingerprint density at radius 1 is 1.50 bits per heavy atom. The number of aromatic nitrogens is 2. The van der Waals surface area contributed by atoms with Gasteiger partial charge in [-0.1, -0.05) is 25.4 Å². The Morgan fingerprint density at radius 3 is 2.75 bits per heavy atom. The SMILES string of the molecule is COCC(CNCC(C)C)n1cc(Cl)cn1. The maximum Gasteiger partial charge on any atom is 0.0877 e. The van der Waals surface area contributed by atoms with Crippen LogP contribution in [0.15, 0.2) is 12.4 Å². The number of hydrogen-bond acceptors (Lipinski definition) is 3. The normalized spacial score (nSPS) is 13.3. The average molecular weight is 246 g/mol. The lowest BCUT2D eigenvalue weighted by Crippen LogP contribution is -2.31. The van der Waals surface area contributed by atoms with Crippen LogP contribution in [0.3, 0.4) is 0 Å². The third-order valence-electron chi connectivity index (χ3n) is 2.24. The van der Waals surface area contributed by atoms with Crippen molar-refractivity contribution in [3.05, 3.63) is 17.4 Å². The third-order valence-corrected chi connectivity index (χ3v) is 2.43. The Labute approximate surface area is 102 Å². The van der Waals surface area contributed by atoms with Crippen LogP contribution in [-0.4, -0.2) is 36.6 Å². The molecule has 1 heterocycles. The van der Waals surface area contributed by atoms with E-state index in [1.807, 2.05) is 10.9 Å². The van der Waals surface area contributed by atoms with Gasteiger partial charge in [0.05, 0.1) is 23.9 Å². The molecule has 0 amide bonds. The minimum absolute atomic E-state index is 0.191. The molecule has 4 nitrogen and oxygen atoms in total. The van der Waals surface area contributed by atoms with Gasteiger partial charge in [0.25, 0.3) is 0 Å². The van der Waals surface area contributed by atoms with E-state index in [9.17, 15) is 0 Å². The summed E-state index contributed by atoms with van der Waals surface area (Å²) in [7, 11) is 1.69. The second-order valence-corrected chi connectivity index (χ2v) is 4.74. The summed E-state index contributed by atoms with van der Waals surface area (Å²) in [4.78, 5) is 0. The molecule has 1 rings (SSSR count). The number of nitrogens with zero attached hydrogens (tertiary/aromatic N) is 2. The fraction of sp³-hybridized carbons (Fsp3) is 0.727. The van der Waals surface area contributed by atoms with Crippen LogP contribution in [0.2, 0.25) is 5.02 Å². The molecule has 1 atom stereocenters. The number of ether oxygens (including phenoxy) is 1. The molecule has 5 heteroatoms. The first-order valence-corrected chi connectivity index (χ1v) is 5.90. The van der Waals surface area contributed by atoms with Crippen molar-refractivity contribution in [2.24, 2.45) is 5.92 Å². The third kappa shape index (κ3) is 4.51. The molecule has 92 valence electrons. The number of nitrogens with one attached hydrogen (secondary N) is 1. The largest absolute Gasteiger partial charge is 0.382 e. The van der Waals surface area contributed by atoms with Gasteiger partial charge in [0.2, 0.25) is 0 Å². The van der Waals surface area contributed by atoms with E-state index in [1.165, 1.54) is 0 Å². The molecule has 1 N–H and O–H groups in total. The van der Waals surface area contributed by atoms with E-state index in [0.29, 0.717) is 17.5 Å². The molecule has 0 saturated heterocycles. The molecular weight excluding hydrogens is 226 g/mol. The minimum Gasteiger partial charge on any atom is -0.382 e. The van der Waals surface area contributed by atoms with Gasteiger partial charge in [0, 0.05) is 19.9 Å². The van der Waals surface area contributed by atoms with Crippen LogP contribution < -0.4 is 5.32 Å². The predicted molar refractivity (Wildman–Crippen MR) is 65.9 cm³/mol. The number of methoxy groups -OCH3 is 1. The summed E-state index contributed by atoms with van der Waals surface area (Å²) < 4.78 is 7.03. The average Bonchev–Trinajstić information content (AvgIpc) is 2.63. The fourth-order valence-corrected chi connectivity index (χ4v) is 1.62. The fourth-order valence-electron chi connectivity index (χ4n) is 1.47. The van der Waals surface area contributed by atoms with Crippen LogP contribution in [0, 0.1) is 5.92 Å². The summed E-state index contributed by atoms with van der Waals surface area (Å²) in [6, 6.07) is 0.191. The predicted octanol–water partition coefficient (Wildman–Crippen LogP) is 1.97. The van der Waals surface area contributed by atoms with E-state index in [2.05, 4.69) is 24.3 Å². The first-order valence-electron chi connectivity index (χ1n) is 5.52. The van der Waals surface area contributed by atoms with Gasteiger partial charge in [-0.05, 0) is 12.5 Å². The first-order chi connectivity index (χ1) is 7.63. The Morgan fingerprint density at radius 2 is 2.25 bits per heavy atom. The van der Waals surface area contributed by atoms with Gasteiger partial charge >= 0.3 is 0 Å². The maximum atomic E-state index is 5.84. The molecule has 1 unspecified atom stereocenters. The Balaban J connectivity index is 2.47. The lowest BCUT2D eigenvalue weighted by Gasteiger charge is -2.18. The molecule has 0 aromatic carbocycles. The summed E-state index contributed by atoms with van der Waals surface area (Å²) in [6.45, 7) is 6.83. The summed E-state index contributed by atoms with van der Waals surface area (Å²) in [5, 5.41) is 8.25. The van der Waals surface area contributed by atoms with Crippen LogP contribution in [0.5, 0.6) is 0 Å². The van der Waals surface area contributed by atoms with Gasteiger partial charge in [0.15, 0.2) is 0 Å². The van der Waals surface area contributed by atoms with Crippen molar-refractivity contribution in [3.63, 3.8) is 0 Å². The topological polar surface area (TPSA) is 39.1 Å². The summed E-state index contributed by atoms with van der Waals surface area (Å²) in [5.74, 6) is 0.643. The van der Waals surface area contributed by atoms with Crippen LogP contribution in [0.4, 0.5) is 0 Å². The zero-order chi connectivity index (χ0) is 12.0. The van der Waals surface area contributed by atoms with E-state index in [4.69, 9.17) is 16.3 Å². The van der Waals surface area contributed by atoms with Crippen molar-refractivity contribution in [2.75, 3.05) is 26.8 Å². The van der Waals surface area contributed by atoms with Crippen molar-refractivity contribution in [2.45, 2.75) is 19.9 Å². The van der Waals surface area contributed by atoms with Crippen LogP contribution in [0.25, 0.3) is 0 Å². The van der Waals surface area contributed by atoms with Crippen LogP contribution >= 0.6 is 11.6 Å². The molecular formula is C11H20ClN3O. The monoisotopic (exact) mass is 245 g/mol. The molecule has 0 fully saturated rings. The second-order valence-electron chi connectivity index (χ2n) is 4.30. The van der Waals surface area contributed by atoms with Gasteiger partial charge in [0.1, 0.15) is 0 Å². The quantitative estimate of drug-likeness (QED) is 0.798. The number of halogens is 1. The molecule has 0 aliphatic heterocycles. The lowest BCUT2D eigenvalue weighted by atomic mass is 10.2. The summed E-state index contributed by atoms with van der Waals surface area (Å²) in [5.41, 5.74) is 0. The molecule has 0 radical (unpaired) electrons. The highest BCUT2D eigenvalue weighted by molar-refractivity contribution is 6.30. The van der Waals surface area contributed by atoms with Gasteiger partial charge in [-0.25, -0.2) is 0 Å². The lowest BCUT2D eigenvalue weighted by molar-refractivity contribution is 0.147. The van der Waals surface area contributed by atoms with E-state index in [-0.39, 0.29) is 6.04 Å². The zero-order valence-electron chi connectivity index (χ0n) is 10.1. The maximum absolute atomic E-state index is 5.84. The van der Waals surface area contributed by atoms with Gasteiger partial charge in [-0.15, -0.1) is 0 Å². The van der Waals surface area contributed by atoms with Crippen molar-refractivity contribution in [1.82, 2.24) is 15.1 Å². The smallest absolute Gasteiger partial charge is 0.0877 e. The van der Waals surface area contributed by atoms with E-state index in [0.717, 1.165) is 13.1 Å². The van der Waals surface area contributed by atoms with Crippen molar-refractivity contribution >= 4 is 11.6 Å². The number of hydrogen-bond donors (Lipinski definition) is 1. The standard InChI is InChI=1S/C11H20ClN3O/c1-9(2)4-13-6-11(8-16-3)15-7-10(12)5-14-15/h5,7,9,11,13H,4,6,8H2,1-3H3. The Kier molecular flexibility index (Phi) is 5.80. The molecule has 0 saturated carbocycles. The van der Waals surface area contributed by atoms with Crippen LogP contribution in [0.1, 0.15) is 19.9 Å². The van der Waals surface area contributed by atoms with Gasteiger partial charge < -0.3 is 10.1 Å². The highest BCUT2D eigenvalue weighted by Crippen LogP contribution is 2.11. The molecule has 0 spiro atoms. The van der Waals surface area contributed by atoms with Gasteiger partial charge in [-0.2, -0.15) is 5.10 Å². The minimum atomic E-state index is 0.191. The highest BCUT2D eigenvalue weighted by atomic mass is 35.5. The molecule has 16 heavy (non-hydrogen) atoms. The van der Waals surface area contributed by atoms with Crippen molar-refractivity contribution in [1.29, 1.82) is 0 Å². The van der Waals surface area contributed by atoms with E-state index in [1.54, 1.807) is 13.3 Å². The highest BCUT2D eigenvalue weighted by Gasteiger charge is 2.11. The Hall–Kier alpha value is -0.580. The van der Waals surface area contributed by atoms with E-state index >= 15 is 0 Å². The molecule has 1 aromatic heterocycles. The molecule has 1 aromatic rings. The molecule has 0 aliphatic carbocycles.